The van der Waals surface area contributed by atoms with E-state index in [4.69, 9.17) is 14.2 Å². The molecule has 5 heteroatoms. The summed E-state index contributed by atoms with van der Waals surface area (Å²) in [7, 11) is 3.16. The maximum Gasteiger partial charge on any atom is 0.165 e. The Balaban J connectivity index is 1.35. The molecule has 4 aromatic rings. The Morgan fingerprint density at radius 1 is 0.789 bits per heavy atom. The maximum absolute atomic E-state index is 14.6. The first-order chi connectivity index (χ1) is 18.6. The fourth-order valence-corrected chi connectivity index (χ4v) is 5.36. The van der Waals surface area contributed by atoms with Gasteiger partial charge in [-0.15, -0.1) is 0 Å². The molecule has 0 aliphatic carbocycles. The molecule has 1 aliphatic heterocycles. The number of likely N-dealkylation sites (tertiary alicyclic amines) is 1. The van der Waals surface area contributed by atoms with Gasteiger partial charge in [-0.2, -0.15) is 0 Å². The zero-order valence-electron chi connectivity index (χ0n) is 22.3. The van der Waals surface area contributed by atoms with Crippen molar-refractivity contribution < 1.29 is 18.6 Å². The van der Waals surface area contributed by atoms with Crippen LogP contribution in [-0.4, -0.2) is 45.4 Å². The van der Waals surface area contributed by atoms with Crippen molar-refractivity contribution in [1.29, 1.82) is 0 Å². The Morgan fingerprint density at radius 3 is 2.32 bits per heavy atom. The van der Waals surface area contributed by atoms with Crippen molar-refractivity contribution in [2.75, 3.05) is 40.5 Å². The third-order valence-corrected chi connectivity index (χ3v) is 7.44. The van der Waals surface area contributed by atoms with Crippen LogP contribution >= 0.6 is 0 Å². The van der Waals surface area contributed by atoms with Crippen LogP contribution in [0.4, 0.5) is 4.39 Å². The number of fused-ring (bicyclic) bond motifs is 1. The fraction of sp³-hybridized carbons (Fsp3) is 0.333. The summed E-state index contributed by atoms with van der Waals surface area (Å²) in [5.41, 5.74) is 4.14. The van der Waals surface area contributed by atoms with Crippen molar-refractivity contribution in [1.82, 2.24) is 4.90 Å². The van der Waals surface area contributed by atoms with Gasteiger partial charge in [0.05, 0.1) is 20.8 Å². The Kier molecular flexibility index (Phi) is 8.44. The Hall–Kier alpha value is -3.57. The monoisotopic (exact) mass is 513 g/mol. The molecule has 1 heterocycles. The summed E-state index contributed by atoms with van der Waals surface area (Å²) in [6.45, 7) is 4.29. The van der Waals surface area contributed by atoms with E-state index in [0.29, 0.717) is 6.42 Å². The van der Waals surface area contributed by atoms with Crippen LogP contribution in [0.25, 0.3) is 21.9 Å². The Morgan fingerprint density at radius 2 is 1.58 bits per heavy atom. The number of benzene rings is 4. The number of hydrogen-bond acceptors (Lipinski definition) is 4. The summed E-state index contributed by atoms with van der Waals surface area (Å²) >= 11 is 0. The maximum atomic E-state index is 14.6. The van der Waals surface area contributed by atoms with Crippen molar-refractivity contribution >= 4 is 10.8 Å². The number of nitrogens with zero attached hydrogens (tertiary/aromatic N) is 1. The molecule has 1 aliphatic rings. The number of halogens is 1. The molecule has 0 saturated carbocycles. The van der Waals surface area contributed by atoms with E-state index in [-0.39, 0.29) is 11.6 Å². The van der Waals surface area contributed by atoms with E-state index in [1.807, 2.05) is 18.2 Å². The van der Waals surface area contributed by atoms with Gasteiger partial charge in [0.2, 0.25) is 0 Å². The van der Waals surface area contributed by atoms with Gasteiger partial charge in [0, 0.05) is 6.54 Å². The minimum absolute atomic E-state index is 0.243. The lowest BCUT2D eigenvalue weighted by atomic mass is 9.90. The lowest BCUT2D eigenvalue weighted by Crippen LogP contribution is -2.31. The molecule has 0 N–H and O–H groups in total. The molecule has 0 aromatic heterocycles. The molecule has 1 saturated heterocycles. The summed E-state index contributed by atoms with van der Waals surface area (Å²) in [5, 5.41) is 2.21. The minimum Gasteiger partial charge on any atom is -0.497 e. The van der Waals surface area contributed by atoms with Crippen LogP contribution in [0.1, 0.15) is 36.8 Å². The minimum atomic E-state index is -0.368. The first-order valence-corrected chi connectivity index (χ1v) is 13.5. The van der Waals surface area contributed by atoms with Gasteiger partial charge in [0.1, 0.15) is 11.5 Å². The van der Waals surface area contributed by atoms with Gasteiger partial charge >= 0.3 is 0 Å². The van der Waals surface area contributed by atoms with E-state index in [9.17, 15) is 4.39 Å². The van der Waals surface area contributed by atoms with Gasteiger partial charge in [-0.3, -0.25) is 0 Å². The molecule has 0 bridgehead atoms. The predicted octanol–water partition coefficient (Wildman–Crippen LogP) is 7.51. The Bertz CT molecular complexity index is 1360. The van der Waals surface area contributed by atoms with Crippen molar-refractivity contribution in [3.8, 4) is 28.4 Å². The third-order valence-electron chi connectivity index (χ3n) is 7.44. The van der Waals surface area contributed by atoms with Crippen molar-refractivity contribution in [3.63, 3.8) is 0 Å². The topological polar surface area (TPSA) is 30.9 Å². The summed E-state index contributed by atoms with van der Waals surface area (Å²) in [6.07, 6.45) is 5.76. The standard InChI is InChI=1S/C33H36FNO3/c1-36-28-13-15-30-25(22-28)9-14-29(26-10-16-33(37-2)32(34)23-26)31(30)21-24-7-11-27(12-8-24)38-20-6-19-35-17-4-3-5-18-35/h7-16,22-23H,3-6,17-21H2,1-2H3. The van der Waals surface area contributed by atoms with Crippen LogP contribution in [0.5, 0.6) is 17.2 Å². The highest BCUT2D eigenvalue weighted by Gasteiger charge is 2.14. The first kappa shape index (κ1) is 26.1. The highest BCUT2D eigenvalue weighted by atomic mass is 19.1. The molecule has 5 rings (SSSR count). The number of piperidine rings is 1. The van der Waals surface area contributed by atoms with Crippen LogP contribution < -0.4 is 14.2 Å². The molecular weight excluding hydrogens is 477 g/mol. The number of hydrogen-bond donors (Lipinski definition) is 0. The van der Waals surface area contributed by atoms with Gasteiger partial charge in [0.15, 0.2) is 11.6 Å². The van der Waals surface area contributed by atoms with Gasteiger partial charge < -0.3 is 19.1 Å². The van der Waals surface area contributed by atoms with E-state index < -0.39 is 0 Å². The molecule has 4 nitrogen and oxygen atoms in total. The average Bonchev–Trinajstić information content (AvgIpc) is 2.96. The Labute approximate surface area is 225 Å². The van der Waals surface area contributed by atoms with Gasteiger partial charge in [0.25, 0.3) is 0 Å². The lowest BCUT2D eigenvalue weighted by molar-refractivity contribution is 0.205. The quantitative estimate of drug-likeness (QED) is 0.205. The second kappa shape index (κ2) is 12.3. The molecule has 198 valence electrons. The SMILES string of the molecule is COc1ccc2c(Cc3ccc(OCCCN4CCCCC4)cc3)c(-c3ccc(OC)c(F)c3)ccc2c1. The zero-order valence-corrected chi connectivity index (χ0v) is 22.3. The summed E-state index contributed by atoms with van der Waals surface area (Å²) in [6, 6.07) is 23.7. The van der Waals surface area contributed by atoms with Gasteiger partial charge in [-0.1, -0.05) is 42.8 Å². The molecule has 38 heavy (non-hydrogen) atoms. The van der Waals surface area contributed by atoms with E-state index in [0.717, 1.165) is 58.5 Å². The molecule has 0 radical (unpaired) electrons. The van der Waals surface area contributed by atoms with Crippen LogP contribution in [0, 0.1) is 5.82 Å². The van der Waals surface area contributed by atoms with Crippen molar-refractivity contribution in [3.05, 3.63) is 89.7 Å². The van der Waals surface area contributed by atoms with E-state index in [1.165, 1.54) is 45.0 Å². The van der Waals surface area contributed by atoms with Crippen LogP contribution in [0.2, 0.25) is 0 Å². The zero-order chi connectivity index (χ0) is 26.3. The van der Waals surface area contributed by atoms with Gasteiger partial charge in [-0.25, -0.2) is 4.39 Å². The van der Waals surface area contributed by atoms with Crippen LogP contribution in [0.15, 0.2) is 72.8 Å². The largest absolute Gasteiger partial charge is 0.497 e. The third kappa shape index (κ3) is 6.11. The number of rotatable bonds is 10. The normalized spacial score (nSPS) is 14.0. The second-order valence-corrected chi connectivity index (χ2v) is 9.95. The molecule has 1 fully saturated rings. The van der Waals surface area contributed by atoms with Crippen molar-refractivity contribution in [2.24, 2.45) is 0 Å². The van der Waals surface area contributed by atoms with Gasteiger partial charge in [-0.05, 0) is 108 Å². The summed E-state index contributed by atoms with van der Waals surface area (Å²) in [4.78, 5) is 2.54. The average molecular weight is 514 g/mol. The highest BCUT2D eigenvalue weighted by Crippen LogP contribution is 2.35. The first-order valence-electron chi connectivity index (χ1n) is 13.5. The molecular formula is C33H36FNO3. The van der Waals surface area contributed by atoms with Crippen LogP contribution in [-0.2, 0) is 6.42 Å². The van der Waals surface area contributed by atoms with E-state index in [1.54, 1.807) is 19.2 Å². The molecule has 0 unspecified atom stereocenters. The van der Waals surface area contributed by atoms with E-state index in [2.05, 4.69) is 47.4 Å². The summed E-state index contributed by atoms with van der Waals surface area (Å²) < 4.78 is 31.2. The fourth-order valence-electron chi connectivity index (χ4n) is 5.36. The molecule has 0 atom stereocenters. The molecule has 0 amide bonds. The second-order valence-electron chi connectivity index (χ2n) is 9.95. The molecule has 4 aromatic carbocycles. The van der Waals surface area contributed by atoms with Crippen LogP contribution in [0.3, 0.4) is 0 Å². The van der Waals surface area contributed by atoms with Crippen molar-refractivity contribution in [2.45, 2.75) is 32.1 Å². The molecule has 0 spiro atoms. The highest BCUT2D eigenvalue weighted by molar-refractivity contribution is 5.93. The number of ether oxygens (including phenoxy) is 3. The van der Waals surface area contributed by atoms with E-state index >= 15 is 0 Å². The number of methoxy groups -OCH3 is 2. The summed E-state index contributed by atoms with van der Waals surface area (Å²) in [5.74, 6) is 1.58. The lowest BCUT2D eigenvalue weighted by Gasteiger charge is -2.26. The predicted molar refractivity (Wildman–Crippen MR) is 152 cm³/mol. The smallest absolute Gasteiger partial charge is 0.165 e.